The highest BCUT2D eigenvalue weighted by atomic mass is 35.5. The van der Waals surface area contributed by atoms with Gasteiger partial charge in [-0.1, -0.05) is 29.3 Å². The van der Waals surface area contributed by atoms with E-state index >= 15 is 0 Å². The molecular formula is C14H18Cl2N2O. The average molecular weight is 301 g/mol. The van der Waals surface area contributed by atoms with Gasteiger partial charge in [-0.3, -0.25) is 4.79 Å². The van der Waals surface area contributed by atoms with Crippen LogP contribution in [0.3, 0.4) is 0 Å². The minimum absolute atomic E-state index is 0.177. The van der Waals surface area contributed by atoms with Gasteiger partial charge in [0.2, 0.25) is 0 Å². The van der Waals surface area contributed by atoms with Crippen molar-refractivity contribution in [1.29, 1.82) is 0 Å². The normalized spacial score (nSPS) is 23.1. The fourth-order valence-electron chi connectivity index (χ4n) is 2.50. The molecule has 0 radical (unpaired) electrons. The van der Waals surface area contributed by atoms with Crippen LogP contribution in [0.1, 0.15) is 36.0 Å². The van der Waals surface area contributed by atoms with Gasteiger partial charge < -0.3 is 10.6 Å². The smallest absolute Gasteiger partial charge is 0.254 e. The number of carbonyl (C=O) groups is 1. The lowest BCUT2D eigenvalue weighted by molar-refractivity contribution is 0.0925. The lowest BCUT2D eigenvalue weighted by Gasteiger charge is -2.29. The van der Waals surface area contributed by atoms with E-state index in [1.807, 2.05) is 7.05 Å². The number of amides is 1. The molecule has 0 heterocycles. The van der Waals surface area contributed by atoms with Gasteiger partial charge in [-0.25, -0.2) is 0 Å². The summed E-state index contributed by atoms with van der Waals surface area (Å²) in [7, 11) is 1.98. The van der Waals surface area contributed by atoms with Crippen LogP contribution >= 0.6 is 23.2 Å². The van der Waals surface area contributed by atoms with Crippen molar-refractivity contribution in [3.63, 3.8) is 0 Å². The Hall–Kier alpha value is -0.770. The van der Waals surface area contributed by atoms with Crippen LogP contribution in [-0.2, 0) is 0 Å². The largest absolute Gasteiger partial charge is 0.349 e. The van der Waals surface area contributed by atoms with Gasteiger partial charge in [-0.15, -0.1) is 0 Å². The molecule has 2 N–H and O–H groups in total. The van der Waals surface area contributed by atoms with Gasteiger partial charge in [0.1, 0.15) is 0 Å². The number of carbonyl (C=O) groups excluding carboxylic acids is 1. The van der Waals surface area contributed by atoms with E-state index in [2.05, 4.69) is 10.6 Å². The molecule has 0 spiro atoms. The highest BCUT2D eigenvalue weighted by Crippen LogP contribution is 2.25. The summed E-state index contributed by atoms with van der Waals surface area (Å²) in [6, 6.07) is 5.88. The van der Waals surface area contributed by atoms with Crippen molar-refractivity contribution >= 4 is 29.1 Å². The van der Waals surface area contributed by atoms with Gasteiger partial charge >= 0.3 is 0 Å². The second kappa shape index (κ2) is 6.60. The first-order valence-corrected chi connectivity index (χ1v) is 7.29. The molecule has 1 fully saturated rings. The molecule has 0 saturated heterocycles. The molecule has 5 heteroatoms. The van der Waals surface area contributed by atoms with Crippen molar-refractivity contribution in [2.75, 3.05) is 7.05 Å². The molecule has 0 unspecified atom stereocenters. The Bertz CT molecular complexity index is 437. The van der Waals surface area contributed by atoms with Crippen LogP contribution in [0.25, 0.3) is 0 Å². The zero-order valence-electron chi connectivity index (χ0n) is 10.9. The van der Waals surface area contributed by atoms with E-state index in [0.29, 0.717) is 21.7 Å². The van der Waals surface area contributed by atoms with Gasteiger partial charge in [-0.05, 0) is 44.9 Å². The van der Waals surface area contributed by atoms with Gasteiger partial charge in [-0.2, -0.15) is 0 Å². The molecule has 3 nitrogen and oxygen atoms in total. The minimum Gasteiger partial charge on any atom is -0.349 e. The maximum atomic E-state index is 12.2. The third kappa shape index (κ3) is 3.62. The SMILES string of the molecule is CNC1CCC(NC(=O)c2c(Cl)cccc2Cl)CC1. The summed E-state index contributed by atoms with van der Waals surface area (Å²) in [6.45, 7) is 0. The molecule has 1 aliphatic carbocycles. The lowest BCUT2D eigenvalue weighted by atomic mass is 9.91. The van der Waals surface area contributed by atoms with Crippen LogP contribution in [0.4, 0.5) is 0 Å². The van der Waals surface area contributed by atoms with Crippen molar-refractivity contribution in [2.45, 2.75) is 37.8 Å². The third-order valence-electron chi connectivity index (χ3n) is 3.66. The van der Waals surface area contributed by atoms with Crippen molar-refractivity contribution < 1.29 is 4.79 Å². The molecule has 0 atom stereocenters. The number of benzene rings is 1. The molecule has 2 rings (SSSR count). The summed E-state index contributed by atoms with van der Waals surface area (Å²) in [5.74, 6) is -0.177. The topological polar surface area (TPSA) is 41.1 Å². The number of hydrogen-bond acceptors (Lipinski definition) is 2. The van der Waals surface area contributed by atoms with Crippen LogP contribution < -0.4 is 10.6 Å². The minimum atomic E-state index is -0.177. The molecule has 0 bridgehead atoms. The average Bonchev–Trinajstić information content (AvgIpc) is 2.39. The number of nitrogens with one attached hydrogen (secondary N) is 2. The van der Waals surface area contributed by atoms with Crippen molar-refractivity contribution in [2.24, 2.45) is 0 Å². The maximum absolute atomic E-state index is 12.2. The Morgan fingerprint density at radius 3 is 2.16 bits per heavy atom. The van der Waals surface area contributed by atoms with Crippen LogP contribution in [0.15, 0.2) is 18.2 Å². The predicted octanol–water partition coefficient (Wildman–Crippen LogP) is 3.25. The number of rotatable bonds is 3. The number of halogens is 2. The molecule has 104 valence electrons. The highest BCUT2D eigenvalue weighted by molar-refractivity contribution is 6.39. The third-order valence-corrected chi connectivity index (χ3v) is 4.29. The first-order valence-electron chi connectivity index (χ1n) is 6.54. The summed E-state index contributed by atoms with van der Waals surface area (Å²) < 4.78 is 0. The molecule has 1 amide bonds. The molecule has 1 aromatic rings. The molecular weight excluding hydrogens is 283 g/mol. The van der Waals surface area contributed by atoms with E-state index in [4.69, 9.17) is 23.2 Å². The van der Waals surface area contributed by atoms with E-state index in [1.165, 1.54) is 0 Å². The van der Waals surface area contributed by atoms with E-state index < -0.39 is 0 Å². The summed E-state index contributed by atoms with van der Waals surface area (Å²) in [6.07, 6.45) is 4.13. The highest BCUT2D eigenvalue weighted by Gasteiger charge is 2.23. The second-order valence-corrected chi connectivity index (χ2v) is 5.72. The predicted molar refractivity (Wildman–Crippen MR) is 79.0 cm³/mol. The van der Waals surface area contributed by atoms with E-state index in [1.54, 1.807) is 18.2 Å². The quantitative estimate of drug-likeness (QED) is 0.900. The monoisotopic (exact) mass is 300 g/mol. The van der Waals surface area contributed by atoms with Gasteiger partial charge in [0.25, 0.3) is 5.91 Å². The Morgan fingerprint density at radius 1 is 1.11 bits per heavy atom. The number of hydrogen-bond donors (Lipinski definition) is 2. The Morgan fingerprint density at radius 2 is 1.63 bits per heavy atom. The molecule has 1 aliphatic rings. The fourth-order valence-corrected chi connectivity index (χ4v) is 3.07. The van der Waals surface area contributed by atoms with Crippen molar-refractivity contribution in [1.82, 2.24) is 10.6 Å². The van der Waals surface area contributed by atoms with Crippen molar-refractivity contribution in [3.8, 4) is 0 Å². The van der Waals surface area contributed by atoms with E-state index in [9.17, 15) is 4.79 Å². The zero-order chi connectivity index (χ0) is 13.8. The summed E-state index contributed by atoms with van der Waals surface area (Å²) in [5.41, 5.74) is 0.376. The molecule has 0 aliphatic heterocycles. The molecule has 1 aromatic carbocycles. The maximum Gasteiger partial charge on any atom is 0.254 e. The molecule has 0 aromatic heterocycles. The Labute approximate surface area is 123 Å². The molecule has 19 heavy (non-hydrogen) atoms. The van der Waals surface area contributed by atoms with Crippen LogP contribution in [-0.4, -0.2) is 25.0 Å². The fraction of sp³-hybridized carbons (Fsp3) is 0.500. The summed E-state index contributed by atoms with van der Waals surface area (Å²) in [5, 5.41) is 7.09. The zero-order valence-corrected chi connectivity index (χ0v) is 12.4. The summed E-state index contributed by atoms with van der Waals surface area (Å²) >= 11 is 12.1. The standard InChI is InChI=1S/C14H18Cl2N2O/c1-17-9-5-7-10(8-6-9)18-14(19)13-11(15)3-2-4-12(13)16/h2-4,9-10,17H,5-8H2,1H3,(H,18,19). The second-order valence-electron chi connectivity index (χ2n) is 4.91. The van der Waals surface area contributed by atoms with Gasteiger partial charge in [0.15, 0.2) is 0 Å². The molecule has 1 saturated carbocycles. The lowest BCUT2D eigenvalue weighted by Crippen LogP contribution is -2.41. The van der Waals surface area contributed by atoms with E-state index in [-0.39, 0.29) is 11.9 Å². The van der Waals surface area contributed by atoms with Crippen LogP contribution in [0, 0.1) is 0 Å². The van der Waals surface area contributed by atoms with Crippen LogP contribution in [0.2, 0.25) is 10.0 Å². The van der Waals surface area contributed by atoms with Crippen LogP contribution in [0.5, 0.6) is 0 Å². The van der Waals surface area contributed by atoms with Gasteiger partial charge in [0, 0.05) is 12.1 Å². The summed E-state index contributed by atoms with van der Waals surface area (Å²) in [4.78, 5) is 12.2. The first-order chi connectivity index (χ1) is 9.11. The Kier molecular flexibility index (Phi) is 5.08. The van der Waals surface area contributed by atoms with E-state index in [0.717, 1.165) is 25.7 Å². The first kappa shape index (κ1) is 14.6. The van der Waals surface area contributed by atoms with Crippen molar-refractivity contribution in [3.05, 3.63) is 33.8 Å². The Balaban J connectivity index is 1.98. The van der Waals surface area contributed by atoms with Gasteiger partial charge in [0.05, 0.1) is 15.6 Å².